The number of aliphatic carboxylic acids is 1. The van der Waals surface area contributed by atoms with Gasteiger partial charge in [0.25, 0.3) is 0 Å². The summed E-state index contributed by atoms with van der Waals surface area (Å²) in [5.41, 5.74) is 6.59. The van der Waals surface area contributed by atoms with Crippen LogP contribution in [0.3, 0.4) is 0 Å². The molecular formula is C14H18F2N2O2. The molecule has 110 valence electrons. The molecule has 0 aromatic heterocycles. The number of likely N-dealkylation sites (tertiary alicyclic amines) is 1. The van der Waals surface area contributed by atoms with Crippen molar-refractivity contribution in [2.45, 2.75) is 25.4 Å². The molecule has 2 rings (SSSR count). The smallest absolute Gasteiger partial charge is 0.303 e. The van der Waals surface area contributed by atoms with Crippen LogP contribution in [-0.4, -0.2) is 35.1 Å². The van der Waals surface area contributed by atoms with Crippen molar-refractivity contribution in [3.8, 4) is 0 Å². The Bertz CT molecular complexity index is 496. The highest BCUT2D eigenvalue weighted by atomic mass is 19.2. The number of carboxylic acids is 1. The van der Waals surface area contributed by atoms with Crippen molar-refractivity contribution in [2.75, 3.05) is 13.1 Å². The van der Waals surface area contributed by atoms with Crippen LogP contribution in [-0.2, 0) is 11.3 Å². The van der Waals surface area contributed by atoms with Crippen molar-refractivity contribution in [1.29, 1.82) is 0 Å². The number of benzene rings is 1. The minimum atomic E-state index is -0.870. The van der Waals surface area contributed by atoms with Gasteiger partial charge in [-0.3, -0.25) is 9.69 Å². The zero-order chi connectivity index (χ0) is 14.7. The number of hydrogen-bond acceptors (Lipinski definition) is 3. The van der Waals surface area contributed by atoms with Gasteiger partial charge in [0.2, 0.25) is 0 Å². The molecule has 1 aliphatic rings. The predicted molar refractivity (Wildman–Crippen MR) is 70.0 cm³/mol. The summed E-state index contributed by atoms with van der Waals surface area (Å²) in [5.74, 6) is -2.57. The maximum absolute atomic E-state index is 13.2. The number of nitrogens with two attached hydrogens (primary N) is 1. The van der Waals surface area contributed by atoms with Gasteiger partial charge in [-0.05, 0) is 30.0 Å². The number of piperidine rings is 1. The van der Waals surface area contributed by atoms with Crippen molar-refractivity contribution in [3.05, 3.63) is 35.4 Å². The van der Waals surface area contributed by atoms with Crippen molar-refractivity contribution in [2.24, 2.45) is 11.7 Å². The van der Waals surface area contributed by atoms with Gasteiger partial charge in [0.1, 0.15) is 0 Å². The molecule has 3 N–H and O–H groups in total. The van der Waals surface area contributed by atoms with Crippen LogP contribution in [0.25, 0.3) is 0 Å². The van der Waals surface area contributed by atoms with Gasteiger partial charge in [0.05, 0.1) is 0 Å². The van der Waals surface area contributed by atoms with Crippen LogP contribution in [0.1, 0.15) is 18.4 Å². The van der Waals surface area contributed by atoms with Gasteiger partial charge in [-0.2, -0.15) is 0 Å². The molecule has 0 bridgehead atoms. The molecule has 2 unspecified atom stereocenters. The number of carbonyl (C=O) groups is 1. The van der Waals surface area contributed by atoms with Gasteiger partial charge in [0, 0.05) is 32.1 Å². The highest BCUT2D eigenvalue weighted by Gasteiger charge is 2.26. The van der Waals surface area contributed by atoms with Gasteiger partial charge < -0.3 is 10.8 Å². The lowest BCUT2D eigenvalue weighted by Crippen LogP contribution is -2.47. The van der Waals surface area contributed by atoms with Gasteiger partial charge >= 0.3 is 5.97 Å². The fraction of sp³-hybridized carbons (Fsp3) is 0.500. The van der Waals surface area contributed by atoms with E-state index in [2.05, 4.69) is 0 Å². The molecular weight excluding hydrogens is 266 g/mol. The first-order chi connectivity index (χ1) is 9.44. The monoisotopic (exact) mass is 284 g/mol. The standard InChI is InChI=1S/C14H18F2N2O2/c15-12-2-1-9(4-13(12)16)6-18-7-10(5-14(19)20)3-11(17)8-18/h1-2,4,10-11H,3,5-8,17H2,(H,19,20). The van der Waals surface area contributed by atoms with Crippen LogP contribution in [0.5, 0.6) is 0 Å². The Morgan fingerprint density at radius 3 is 2.75 bits per heavy atom. The summed E-state index contributed by atoms with van der Waals surface area (Å²) in [4.78, 5) is 12.8. The number of halogens is 2. The third kappa shape index (κ3) is 3.98. The Kier molecular flexibility index (Phi) is 4.67. The summed E-state index contributed by atoms with van der Waals surface area (Å²) in [6, 6.07) is 3.72. The van der Waals surface area contributed by atoms with Crippen LogP contribution < -0.4 is 5.73 Å². The van der Waals surface area contributed by atoms with E-state index in [1.807, 2.05) is 4.90 Å². The van der Waals surface area contributed by atoms with E-state index in [4.69, 9.17) is 10.8 Å². The SMILES string of the molecule is NC1CC(CC(=O)O)CN(Cc2ccc(F)c(F)c2)C1. The first-order valence-electron chi connectivity index (χ1n) is 6.57. The van der Waals surface area contributed by atoms with E-state index in [-0.39, 0.29) is 18.4 Å². The molecule has 0 aliphatic carbocycles. The second-order valence-corrected chi connectivity index (χ2v) is 5.40. The number of carboxylic acid groups (broad SMARTS) is 1. The maximum Gasteiger partial charge on any atom is 0.303 e. The molecule has 6 heteroatoms. The highest BCUT2D eigenvalue weighted by Crippen LogP contribution is 2.21. The van der Waals surface area contributed by atoms with Gasteiger partial charge in [-0.1, -0.05) is 6.07 Å². The molecule has 2 atom stereocenters. The lowest BCUT2D eigenvalue weighted by Gasteiger charge is -2.35. The summed E-state index contributed by atoms with van der Waals surface area (Å²) in [6.45, 7) is 1.69. The molecule has 1 aromatic carbocycles. The zero-order valence-electron chi connectivity index (χ0n) is 11.1. The Hall–Kier alpha value is -1.53. The first kappa shape index (κ1) is 14.9. The molecule has 1 aliphatic heterocycles. The summed E-state index contributed by atoms with van der Waals surface area (Å²) in [6.07, 6.45) is 0.766. The van der Waals surface area contributed by atoms with E-state index in [1.165, 1.54) is 12.1 Å². The fourth-order valence-electron chi connectivity index (χ4n) is 2.77. The number of nitrogens with zero attached hydrogens (tertiary/aromatic N) is 1. The molecule has 20 heavy (non-hydrogen) atoms. The van der Waals surface area contributed by atoms with Crippen molar-refractivity contribution >= 4 is 5.97 Å². The quantitative estimate of drug-likeness (QED) is 0.881. The van der Waals surface area contributed by atoms with Crippen LogP contribution >= 0.6 is 0 Å². The van der Waals surface area contributed by atoms with Gasteiger partial charge in [0.15, 0.2) is 11.6 Å². The minimum Gasteiger partial charge on any atom is -0.481 e. The topological polar surface area (TPSA) is 66.6 Å². The van der Waals surface area contributed by atoms with E-state index >= 15 is 0 Å². The molecule has 0 radical (unpaired) electrons. The fourth-order valence-corrected chi connectivity index (χ4v) is 2.77. The summed E-state index contributed by atoms with van der Waals surface area (Å²) in [7, 11) is 0. The number of hydrogen-bond donors (Lipinski definition) is 2. The highest BCUT2D eigenvalue weighted by molar-refractivity contribution is 5.67. The maximum atomic E-state index is 13.2. The predicted octanol–water partition coefficient (Wildman–Crippen LogP) is 1.59. The summed E-state index contributed by atoms with van der Waals surface area (Å²) >= 11 is 0. The van der Waals surface area contributed by atoms with E-state index in [9.17, 15) is 13.6 Å². The molecule has 0 saturated carbocycles. The van der Waals surface area contributed by atoms with Crippen LogP contribution in [0.15, 0.2) is 18.2 Å². The largest absolute Gasteiger partial charge is 0.481 e. The summed E-state index contributed by atoms with van der Waals surface area (Å²) < 4.78 is 26.0. The molecule has 0 amide bonds. The Morgan fingerprint density at radius 2 is 2.10 bits per heavy atom. The third-order valence-corrected chi connectivity index (χ3v) is 3.50. The molecule has 4 nitrogen and oxygen atoms in total. The normalized spacial score (nSPS) is 23.8. The van der Waals surface area contributed by atoms with Crippen molar-refractivity contribution < 1.29 is 18.7 Å². The van der Waals surface area contributed by atoms with E-state index < -0.39 is 17.6 Å². The van der Waals surface area contributed by atoms with Crippen molar-refractivity contribution in [1.82, 2.24) is 4.90 Å². The molecule has 1 aromatic rings. The Labute approximate surface area is 116 Å². The van der Waals surface area contributed by atoms with Gasteiger partial charge in [-0.25, -0.2) is 8.78 Å². The van der Waals surface area contributed by atoms with Crippen LogP contribution in [0, 0.1) is 17.6 Å². The summed E-state index contributed by atoms with van der Waals surface area (Å²) in [5, 5.41) is 8.84. The zero-order valence-corrected chi connectivity index (χ0v) is 11.1. The van der Waals surface area contributed by atoms with Crippen molar-refractivity contribution in [3.63, 3.8) is 0 Å². The van der Waals surface area contributed by atoms with Crippen LogP contribution in [0.4, 0.5) is 8.78 Å². The Morgan fingerprint density at radius 1 is 1.35 bits per heavy atom. The van der Waals surface area contributed by atoms with Crippen LogP contribution in [0.2, 0.25) is 0 Å². The van der Waals surface area contributed by atoms with E-state index in [1.54, 1.807) is 0 Å². The third-order valence-electron chi connectivity index (χ3n) is 3.50. The molecule has 0 spiro atoms. The molecule has 1 saturated heterocycles. The minimum absolute atomic E-state index is 0.00143. The average Bonchev–Trinajstić information content (AvgIpc) is 2.32. The first-order valence-corrected chi connectivity index (χ1v) is 6.57. The Balaban J connectivity index is 2.00. The molecule has 1 heterocycles. The average molecular weight is 284 g/mol. The van der Waals surface area contributed by atoms with E-state index in [0.717, 1.165) is 6.07 Å². The van der Waals surface area contributed by atoms with E-state index in [0.29, 0.717) is 31.6 Å². The second-order valence-electron chi connectivity index (χ2n) is 5.40. The number of rotatable bonds is 4. The lowest BCUT2D eigenvalue weighted by molar-refractivity contribution is -0.138. The second kappa shape index (κ2) is 6.28. The lowest BCUT2D eigenvalue weighted by atomic mass is 9.91. The molecule has 1 fully saturated rings. The van der Waals surface area contributed by atoms with Gasteiger partial charge in [-0.15, -0.1) is 0 Å².